The van der Waals surface area contributed by atoms with E-state index in [1.165, 1.54) is 25.2 Å². The van der Waals surface area contributed by atoms with E-state index in [1.807, 2.05) is 0 Å². The number of alkyl halides is 1. The molecule has 0 saturated heterocycles. The van der Waals surface area contributed by atoms with Crippen LogP contribution in [-0.4, -0.2) is 36.2 Å². The van der Waals surface area contributed by atoms with E-state index in [0.29, 0.717) is 10.6 Å². The van der Waals surface area contributed by atoms with Crippen molar-refractivity contribution in [3.05, 3.63) is 16.5 Å². The highest BCUT2D eigenvalue weighted by Gasteiger charge is 2.21. The molecule has 0 amide bonds. The molecule has 1 aromatic rings. The van der Waals surface area contributed by atoms with Crippen molar-refractivity contribution in [2.75, 3.05) is 18.5 Å². The molecule has 114 valence electrons. The van der Waals surface area contributed by atoms with Gasteiger partial charge in [-0.3, -0.25) is 5.32 Å². The van der Waals surface area contributed by atoms with Crippen LogP contribution in [0, 0.1) is 6.92 Å². The SMILES string of the molecule is CCOC(=O)c1c(C)csc1NC(O)NCC(C)(C)F. The number of esters is 1. The van der Waals surface area contributed by atoms with E-state index < -0.39 is 18.0 Å². The number of ether oxygens (including phenoxy) is 1. The van der Waals surface area contributed by atoms with Gasteiger partial charge in [0.25, 0.3) is 0 Å². The molecule has 0 aromatic carbocycles. The van der Waals surface area contributed by atoms with E-state index in [2.05, 4.69) is 10.6 Å². The van der Waals surface area contributed by atoms with E-state index in [9.17, 15) is 14.3 Å². The molecule has 5 nitrogen and oxygen atoms in total. The fraction of sp³-hybridized carbons (Fsp3) is 0.615. The summed E-state index contributed by atoms with van der Waals surface area (Å²) >= 11 is 1.29. The van der Waals surface area contributed by atoms with Crippen molar-refractivity contribution in [2.45, 2.75) is 39.7 Å². The van der Waals surface area contributed by atoms with Crippen molar-refractivity contribution in [1.82, 2.24) is 5.32 Å². The van der Waals surface area contributed by atoms with Gasteiger partial charge in [-0.15, -0.1) is 11.3 Å². The molecule has 1 rings (SSSR count). The van der Waals surface area contributed by atoms with Crippen LogP contribution in [0.3, 0.4) is 0 Å². The zero-order chi connectivity index (χ0) is 15.3. The Morgan fingerprint density at radius 1 is 1.60 bits per heavy atom. The molecule has 1 heterocycles. The predicted octanol–water partition coefficient (Wildman–Crippen LogP) is 2.26. The number of nitrogens with one attached hydrogen (secondary N) is 2. The van der Waals surface area contributed by atoms with Crippen LogP contribution in [0.25, 0.3) is 0 Å². The quantitative estimate of drug-likeness (QED) is 0.532. The van der Waals surface area contributed by atoms with Crippen molar-refractivity contribution in [1.29, 1.82) is 0 Å². The molecule has 0 spiro atoms. The van der Waals surface area contributed by atoms with E-state index in [1.54, 1.807) is 19.2 Å². The lowest BCUT2D eigenvalue weighted by molar-refractivity contribution is 0.0526. The molecule has 0 saturated carbocycles. The maximum atomic E-state index is 13.3. The van der Waals surface area contributed by atoms with Gasteiger partial charge in [0, 0.05) is 6.54 Å². The van der Waals surface area contributed by atoms with Gasteiger partial charge in [0.15, 0.2) is 6.35 Å². The summed E-state index contributed by atoms with van der Waals surface area (Å²) < 4.78 is 18.3. The number of halogens is 1. The summed E-state index contributed by atoms with van der Waals surface area (Å²) in [7, 11) is 0. The van der Waals surface area contributed by atoms with Gasteiger partial charge < -0.3 is 15.2 Å². The fourth-order valence-electron chi connectivity index (χ4n) is 1.52. The molecule has 0 aliphatic carbocycles. The molecule has 0 aliphatic rings. The number of carbonyl (C=O) groups is 1. The molecule has 0 radical (unpaired) electrons. The molecule has 0 bridgehead atoms. The summed E-state index contributed by atoms with van der Waals surface area (Å²) in [6, 6.07) is 0. The average Bonchev–Trinajstić information content (AvgIpc) is 2.67. The van der Waals surface area contributed by atoms with Crippen molar-refractivity contribution in [2.24, 2.45) is 0 Å². The number of aliphatic hydroxyl groups is 1. The summed E-state index contributed by atoms with van der Waals surface area (Å²) in [6.45, 7) is 6.60. The summed E-state index contributed by atoms with van der Waals surface area (Å²) in [5, 5.41) is 17.4. The Morgan fingerprint density at radius 3 is 2.80 bits per heavy atom. The maximum absolute atomic E-state index is 13.3. The van der Waals surface area contributed by atoms with Gasteiger partial charge in [-0.2, -0.15) is 0 Å². The number of thiophene rings is 1. The molecular weight excluding hydrogens is 283 g/mol. The van der Waals surface area contributed by atoms with Gasteiger partial charge in [0.1, 0.15) is 10.7 Å². The Balaban J connectivity index is 2.70. The van der Waals surface area contributed by atoms with Crippen LogP contribution in [0.4, 0.5) is 9.39 Å². The first-order chi connectivity index (χ1) is 9.24. The van der Waals surface area contributed by atoms with E-state index in [0.717, 1.165) is 5.56 Å². The minimum Gasteiger partial charge on any atom is -0.462 e. The molecule has 7 heteroatoms. The van der Waals surface area contributed by atoms with Gasteiger partial charge in [0.05, 0.1) is 12.2 Å². The fourth-order valence-corrected chi connectivity index (χ4v) is 2.48. The third-order valence-electron chi connectivity index (χ3n) is 2.44. The van der Waals surface area contributed by atoms with Crippen molar-refractivity contribution >= 4 is 22.3 Å². The first-order valence-electron chi connectivity index (χ1n) is 6.36. The van der Waals surface area contributed by atoms with Crippen LogP contribution in [0.15, 0.2) is 5.38 Å². The Labute approximate surface area is 122 Å². The van der Waals surface area contributed by atoms with Gasteiger partial charge in [-0.25, -0.2) is 9.18 Å². The second-order valence-electron chi connectivity index (χ2n) is 4.99. The Morgan fingerprint density at radius 2 is 2.25 bits per heavy atom. The first-order valence-corrected chi connectivity index (χ1v) is 7.24. The zero-order valence-corrected chi connectivity index (χ0v) is 12.9. The van der Waals surface area contributed by atoms with Crippen molar-refractivity contribution in [3.8, 4) is 0 Å². The summed E-state index contributed by atoms with van der Waals surface area (Å²) in [5.41, 5.74) is -0.260. The number of anilines is 1. The second-order valence-corrected chi connectivity index (χ2v) is 5.87. The summed E-state index contributed by atoms with van der Waals surface area (Å²) in [6.07, 6.45) is -1.14. The molecule has 20 heavy (non-hydrogen) atoms. The van der Waals surface area contributed by atoms with Crippen LogP contribution in [0.1, 0.15) is 36.7 Å². The largest absolute Gasteiger partial charge is 0.462 e. The van der Waals surface area contributed by atoms with Gasteiger partial charge in [-0.1, -0.05) is 0 Å². The first kappa shape index (κ1) is 16.9. The Hall–Kier alpha value is -1.18. The molecule has 0 fully saturated rings. The standard InChI is InChI=1S/C13H21FN2O3S/c1-5-19-11(17)9-8(2)6-20-10(9)16-12(18)15-7-13(3,4)14/h6,12,15-16,18H,5,7H2,1-4H3. The topological polar surface area (TPSA) is 70.6 Å². The number of aliphatic hydroxyl groups excluding tert-OH is 1. The molecular formula is C13H21FN2O3S. The van der Waals surface area contributed by atoms with Crippen molar-refractivity contribution in [3.63, 3.8) is 0 Å². The highest BCUT2D eigenvalue weighted by molar-refractivity contribution is 7.14. The van der Waals surface area contributed by atoms with E-state index in [-0.39, 0.29) is 13.2 Å². The Bertz CT molecular complexity index is 457. The number of carbonyl (C=O) groups excluding carboxylic acids is 1. The van der Waals surface area contributed by atoms with Gasteiger partial charge in [-0.05, 0) is 38.6 Å². The lowest BCUT2D eigenvalue weighted by Crippen LogP contribution is -2.42. The zero-order valence-electron chi connectivity index (χ0n) is 12.1. The lowest BCUT2D eigenvalue weighted by Gasteiger charge is -2.20. The summed E-state index contributed by atoms with van der Waals surface area (Å²) in [5.74, 6) is -0.438. The monoisotopic (exact) mass is 304 g/mol. The third kappa shape index (κ3) is 5.07. The average molecular weight is 304 g/mol. The Kier molecular flexibility index (Phi) is 5.91. The minimum absolute atomic E-state index is 0.0136. The van der Waals surface area contributed by atoms with Crippen LogP contribution >= 0.6 is 11.3 Å². The second kappa shape index (κ2) is 7.01. The smallest absolute Gasteiger partial charge is 0.341 e. The highest BCUT2D eigenvalue weighted by Crippen LogP contribution is 2.28. The van der Waals surface area contributed by atoms with Crippen LogP contribution < -0.4 is 10.6 Å². The molecule has 1 unspecified atom stereocenters. The van der Waals surface area contributed by atoms with Gasteiger partial charge in [0.2, 0.25) is 0 Å². The number of rotatable bonds is 7. The highest BCUT2D eigenvalue weighted by atomic mass is 32.1. The molecule has 0 aliphatic heterocycles. The number of hydrogen-bond donors (Lipinski definition) is 3. The normalized spacial score (nSPS) is 13.1. The third-order valence-corrected chi connectivity index (χ3v) is 3.47. The van der Waals surface area contributed by atoms with Crippen LogP contribution in [0.5, 0.6) is 0 Å². The molecule has 1 aromatic heterocycles. The van der Waals surface area contributed by atoms with Crippen LogP contribution in [0.2, 0.25) is 0 Å². The number of hydrogen-bond acceptors (Lipinski definition) is 6. The lowest BCUT2D eigenvalue weighted by atomic mass is 10.2. The molecule has 1 atom stereocenters. The van der Waals surface area contributed by atoms with Gasteiger partial charge >= 0.3 is 5.97 Å². The minimum atomic E-state index is -1.43. The number of aryl methyl sites for hydroxylation is 1. The van der Waals surface area contributed by atoms with E-state index in [4.69, 9.17) is 4.74 Å². The van der Waals surface area contributed by atoms with Crippen molar-refractivity contribution < 1.29 is 19.0 Å². The summed E-state index contributed by atoms with van der Waals surface area (Å²) in [4.78, 5) is 11.8. The van der Waals surface area contributed by atoms with Crippen LogP contribution in [-0.2, 0) is 4.74 Å². The maximum Gasteiger partial charge on any atom is 0.341 e. The predicted molar refractivity (Wildman–Crippen MR) is 77.8 cm³/mol. The van der Waals surface area contributed by atoms with E-state index >= 15 is 0 Å². The molecule has 3 N–H and O–H groups in total.